The Kier molecular flexibility index (Phi) is 5.62. The minimum Gasteiger partial charge on any atom is -0.461 e. The van der Waals surface area contributed by atoms with Gasteiger partial charge in [0.25, 0.3) is 0 Å². The number of ether oxygens (including phenoxy) is 1. The van der Waals surface area contributed by atoms with Crippen LogP contribution >= 0.6 is 0 Å². The summed E-state index contributed by atoms with van der Waals surface area (Å²) in [6.45, 7) is 0. The van der Waals surface area contributed by atoms with Crippen molar-refractivity contribution in [3.05, 3.63) is 58.4 Å². The molecule has 162 valence electrons. The van der Waals surface area contributed by atoms with Crippen molar-refractivity contribution in [2.75, 3.05) is 5.32 Å². The number of anilines is 1. The van der Waals surface area contributed by atoms with Gasteiger partial charge in [-0.3, -0.25) is 4.98 Å². The van der Waals surface area contributed by atoms with Gasteiger partial charge in [-0.15, -0.1) is 0 Å². The van der Waals surface area contributed by atoms with Gasteiger partial charge in [0.1, 0.15) is 12.1 Å². The molecule has 1 heterocycles. The lowest BCUT2D eigenvalue weighted by atomic mass is 9.96. The molecule has 3 aliphatic carbocycles. The van der Waals surface area contributed by atoms with E-state index in [-0.39, 0.29) is 18.1 Å². The van der Waals surface area contributed by atoms with Crippen LogP contribution in [0.1, 0.15) is 59.9 Å². The lowest BCUT2D eigenvalue weighted by Crippen LogP contribution is -2.47. The Bertz CT molecular complexity index is 953. The number of hydrogen-bond donors (Lipinski definition) is 2. The number of hydrogen-bond acceptors (Lipinski definition) is 4. The van der Waals surface area contributed by atoms with Crippen molar-refractivity contribution < 1.29 is 14.3 Å². The largest absolute Gasteiger partial charge is 0.461 e. The Morgan fingerprint density at radius 3 is 2.42 bits per heavy atom. The number of aryl methyl sites for hydroxylation is 2. The Labute approximate surface area is 182 Å². The maximum Gasteiger partial charge on any atom is 0.329 e. The zero-order chi connectivity index (χ0) is 21.2. The number of fused-ring (bicyclic) bond motifs is 2. The monoisotopic (exact) mass is 419 g/mol. The molecule has 2 amide bonds. The molecular weight excluding hydrogens is 390 g/mol. The second-order valence-corrected chi connectivity index (χ2v) is 8.94. The molecule has 1 aromatic carbocycles. The van der Waals surface area contributed by atoms with Crippen LogP contribution in [0.3, 0.4) is 0 Å². The number of urea groups is 1. The number of aromatic nitrogens is 1. The van der Waals surface area contributed by atoms with E-state index in [2.05, 4.69) is 21.7 Å². The van der Waals surface area contributed by atoms with Crippen LogP contribution in [0.4, 0.5) is 10.5 Å². The molecule has 2 N–H and O–H groups in total. The molecule has 1 atom stereocenters. The molecule has 0 unspecified atom stereocenters. The maximum absolute atomic E-state index is 13.0. The fourth-order valence-electron chi connectivity index (χ4n) is 4.96. The quantitative estimate of drug-likeness (QED) is 0.696. The van der Waals surface area contributed by atoms with E-state index in [4.69, 9.17) is 4.74 Å². The van der Waals surface area contributed by atoms with Gasteiger partial charge < -0.3 is 15.4 Å². The van der Waals surface area contributed by atoms with Crippen molar-refractivity contribution in [1.82, 2.24) is 10.3 Å². The number of amides is 2. The topological polar surface area (TPSA) is 80.3 Å². The predicted molar refractivity (Wildman–Crippen MR) is 118 cm³/mol. The minimum absolute atomic E-state index is 0.0191. The molecule has 1 fully saturated rings. The molecule has 6 nitrogen and oxygen atoms in total. The van der Waals surface area contributed by atoms with Crippen molar-refractivity contribution >= 4 is 17.7 Å². The Morgan fingerprint density at radius 1 is 1.06 bits per heavy atom. The summed E-state index contributed by atoms with van der Waals surface area (Å²) in [4.78, 5) is 30.0. The van der Waals surface area contributed by atoms with Crippen LogP contribution in [0.2, 0.25) is 0 Å². The summed E-state index contributed by atoms with van der Waals surface area (Å²) >= 11 is 0. The van der Waals surface area contributed by atoms with E-state index < -0.39 is 6.04 Å². The molecule has 2 aromatic rings. The Hall–Kier alpha value is -2.89. The summed E-state index contributed by atoms with van der Waals surface area (Å²) in [6.07, 6.45) is 13.1. The molecule has 0 saturated heterocycles. The van der Waals surface area contributed by atoms with Crippen LogP contribution in [-0.4, -0.2) is 29.1 Å². The lowest BCUT2D eigenvalue weighted by molar-refractivity contribution is -0.155. The molecule has 31 heavy (non-hydrogen) atoms. The highest BCUT2D eigenvalue weighted by Gasteiger charge is 2.30. The van der Waals surface area contributed by atoms with E-state index in [1.54, 1.807) is 12.4 Å². The van der Waals surface area contributed by atoms with Gasteiger partial charge in [0.15, 0.2) is 0 Å². The number of benzene rings is 1. The molecule has 0 bridgehead atoms. The number of rotatable bonds is 6. The second-order valence-electron chi connectivity index (χ2n) is 8.94. The summed E-state index contributed by atoms with van der Waals surface area (Å²) in [5, 5.41) is 6.02. The molecule has 3 aliphatic rings. The fourth-order valence-corrected chi connectivity index (χ4v) is 4.96. The van der Waals surface area contributed by atoms with Gasteiger partial charge in [-0.05, 0) is 91.7 Å². The van der Waals surface area contributed by atoms with Crippen molar-refractivity contribution in [1.29, 1.82) is 0 Å². The maximum atomic E-state index is 13.0. The minimum atomic E-state index is -0.741. The third kappa shape index (κ3) is 4.29. The highest BCUT2D eigenvalue weighted by molar-refractivity contribution is 5.94. The molecule has 0 aliphatic heterocycles. The highest BCUT2D eigenvalue weighted by atomic mass is 16.5. The van der Waals surface area contributed by atoms with Crippen molar-refractivity contribution in [2.45, 2.75) is 76.4 Å². The van der Waals surface area contributed by atoms with E-state index in [1.807, 2.05) is 12.1 Å². The van der Waals surface area contributed by atoms with Crippen LogP contribution in [0, 0.1) is 0 Å². The molecule has 1 saturated carbocycles. The summed E-state index contributed by atoms with van der Waals surface area (Å²) in [6, 6.07) is 5.01. The first-order valence-corrected chi connectivity index (χ1v) is 11.5. The van der Waals surface area contributed by atoms with Crippen molar-refractivity contribution in [3.8, 4) is 0 Å². The first-order valence-electron chi connectivity index (χ1n) is 11.5. The average Bonchev–Trinajstić information content (AvgIpc) is 3.40. The lowest BCUT2D eigenvalue weighted by Gasteiger charge is -2.28. The molecule has 6 heteroatoms. The van der Waals surface area contributed by atoms with Gasteiger partial charge in [0, 0.05) is 24.5 Å². The van der Waals surface area contributed by atoms with Crippen LogP contribution in [0.25, 0.3) is 0 Å². The molecular formula is C25H29N3O3. The van der Waals surface area contributed by atoms with E-state index in [0.717, 1.165) is 69.0 Å². The average molecular weight is 420 g/mol. The Balaban J connectivity index is 1.33. The summed E-state index contributed by atoms with van der Waals surface area (Å²) in [7, 11) is 0. The van der Waals surface area contributed by atoms with E-state index in [0.29, 0.717) is 6.42 Å². The van der Waals surface area contributed by atoms with Crippen molar-refractivity contribution in [3.63, 3.8) is 0 Å². The normalized spacial score (nSPS) is 17.9. The number of esters is 1. The van der Waals surface area contributed by atoms with E-state index in [1.165, 1.54) is 22.3 Å². The molecule has 0 spiro atoms. The smallest absolute Gasteiger partial charge is 0.329 e. The second kappa shape index (κ2) is 8.69. The summed E-state index contributed by atoms with van der Waals surface area (Å²) < 4.78 is 5.62. The third-order valence-corrected chi connectivity index (χ3v) is 6.80. The predicted octanol–water partition coefficient (Wildman–Crippen LogP) is 3.89. The van der Waals surface area contributed by atoms with Gasteiger partial charge in [0.2, 0.25) is 0 Å². The molecule has 1 aromatic heterocycles. The fraction of sp³-hybridized carbons (Fsp3) is 0.480. The zero-order valence-electron chi connectivity index (χ0n) is 17.8. The van der Waals surface area contributed by atoms with Gasteiger partial charge in [-0.2, -0.15) is 0 Å². The van der Waals surface area contributed by atoms with Crippen molar-refractivity contribution in [2.24, 2.45) is 0 Å². The first-order chi connectivity index (χ1) is 15.2. The Morgan fingerprint density at radius 2 is 1.81 bits per heavy atom. The number of nitrogens with one attached hydrogen (secondary N) is 2. The third-order valence-electron chi connectivity index (χ3n) is 6.80. The number of carbonyl (C=O) groups is 2. The van der Waals surface area contributed by atoms with Crippen LogP contribution in [0.15, 0.2) is 30.6 Å². The molecule has 5 rings (SSSR count). The number of nitrogens with zero attached hydrogens (tertiary/aromatic N) is 1. The van der Waals surface area contributed by atoms with Gasteiger partial charge in [-0.1, -0.05) is 12.1 Å². The van der Waals surface area contributed by atoms with E-state index in [9.17, 15) is 9.59 Å². The summed E-state index contributed by atoms with van der Waals surface area (Å²) in [5.74, 6) is -0.368. The zero-order valence-corrected chi connectivity index (χ0v) is 17.8. The van der Waals surface area contributed by atoms with Gasteiger partial charge in [0.05, 0.1) is 0 Å². The first kappa shape index (κ1) is 20.0. The summed E-state index contributed by atoms with van der Waals surface area (Å²) in [5.41, 5.74) is 7.15. The van der Waals surface area contributed by atoms with Gasteiger partial charge >= 0.3 is 12.0 Å². The van der Waals surface area contributed by atoms with Gasteiger partial charge in [-0.25, -0.2) is 9.59 Å². The van der Waals surface area contributed by atoms with Crippen LogP contribution < -0.4 is 10.6 Å². The SMILES string of the molecule is O=C(Nc1c2c(cc3c1CCC3)CCC2)N[C@H](Cc1cccnc1)C(=O)OC1CCC1. The number of carbonyl (C=O) groups excluding carboxylic acids is 2. The van der Waals surface area contributed by atoms with Crippen LogP contribution in [-0.2, 0) is 41.6 Å². The van der Waals surface area contributed by atoms with Crippen LogP contribution in [0.5, 0.6) is 0 Å². The standard InChI is InChI=1S/C25H29N3O3/c29-24(31-19-8-3-9-19)22(13-16-5-4-12-26-15-16)27-25(30)28-23-20-10-1-6-17(20)14-18-7-2-11-21(18)23/h4-5,12,14-15,19,22H,1-3,6-11,13H2,(H2,27,28,30)/t22-/m1/s1. The van der Waals surface area contributed by atoms with E-state index >= 15 is 0 Å². The molecule has 0 radical (unpaired) electrons. The highest BCUT2D eigenvalue weighted by Crippen LogP contribution is 2.38. The number of pyridine rings is 1.